The van der Waals surface area contributed by atoms with E-state index in [1.165, 1.54) is 12.0 Å². The molecule has 4 heteroatoms. The van der Waals surface area contributed by atoms with Gasteiger partial charge in [0.05, 0.1) is 13.7 Å². The Morgan fingerprint density at radius 3 is 2.62 bits per heavy atom. The fourth-order valence-electron chi connectivity index (χ4n) is 1.75. The van der Waals surface area contributed by atoms with Crippen LogP contribution < -0.4 is 14.8 Å². The summed E-state index contributed by atoms with van der Waals surface area (Å²) in [5, 5.41) is 3.37. The van der Waals surface area contributed by atoms with E-state index in [4.69, 9.17) is 9.47 Å². The molecule has 0 spiro atoms. The zero-order chi connectivity index (χ0) is 10.7. The summed E-state index contributed by atoms with van der Waals surface area (Å²) in [5.74, 6) is 1.64. The third-order valence-electron chi connectivity index (χ3n) is 2.71. The van der Waals surface area contributed by atoms with Crippen LogP contribution >= 0.6 is 12.4 Å². The Morgan fingerprint density at radius 1 is 1.38 bits per heavy atom. The first-order valence-electron chi connectivity index (χ1n) is 5.39. The molecule has 0 amide bonds. The van der Waals surface area contributed by atoms with E-state index in [0.717, 1.165) is 18.0 Å². The summed E-state index contributed by atoms with van der Waals surface area (Å²) in [7, 11) is 1.68. The number of ether oxygens (including phenoxy) is 2. The normalized spacial score (nSPS) is 18.2. The molecule has 1 heterocycles. The second-order valence-electron chi connectivity index (χ2n) is 3.64. The monoisotopic (exact) mass is 243 g/mol. The lowest BCUT2D eigenvalue weighted by Crippen LogP contribution is -2.34. The maximum atomic E-state index is 5.47. The van der Waals surface area contributed by atoms with Gasteiger partial charge in [-0.1, -0.05) is 6.07 Å². The first kappa shape index (κ1) is 13.1. The van der Waals surface area contributed by atoms with Gasteiger partial charge in [-0.2, -0.15) is 0 Å². The molecule has 0 aliphatic carbocycles. The van der Waals surface area contributed by atoms with Crippen LogP contribution in [0.25, 0.3) is 0 Å². The Bertz CT molecular complexity index is 340. The van der Waals surface area contributed by atoms with Crippen LogP contribution in [-0.4, -0.2) is 20.3 Å². The Balaban J connectivity index is 0.00000128. The zero-order valence-electron chi connectivity index (χ0n) is 9.66. The van der Waals surface area contributed by atoms with Crippen molar-refractivity contribution in [3.05, 3.63) is 23.8 Å². The maximum absolute atomic E-state index is 5.47. The van der Waals surface area contributed by atoms with Crippen LogP contribution in [-0.2, 0) is 0 Å². The van der Waals surface area contributed by atoms with Crippen molar-refractivity contribution in [1.82, 2.24) is 5.32 Å². The standard InChI is InChI=1S/C12H17NO2.ClH/c1-3-15-11-5-4-9(8-12(11)14-2)10-6-7-13-10;/h4-5,8,10,13H,3,6-7H2,1-2H3;1H/t10-;/m1./s1. The quantitative estimate of drug-likeness (QED) is 0.882. The molecule has 0 saturated carbocycles. The number of hydrogen-bond donors (Lipinski definition) is 1. The molecule has 2 rings (SSSR count). The summed E-state index contributed by atoms with van der Waals surface area (Å²) >= 11 is 0. The summed E-state index contributed by atoms with van der Waals surface area (Å²) in [6, 6.07) is 6.64. The van der Waals surface area contributed by atoms with E-state index in [-0.39, 0.29) is 12.4 Å². The van der Waals surface area contributed by atoms with Crippen molar-refractivity contribution < 1.29 is 9.47 Å². The number of hydrogen-bond acceptors (Lipinski definition) is 3. The molecule has 0 radical (unpaired) electrons. The fourth-order valence-corrected chi connectivity index (χ4v) is 1.75. The average molecular weight is 244 g/mol. The minimum Gasteiger partial charge on any atom is -0.493 e. The first-order valence-corrected chi connectivity index (χ1v) is 5.39. The van der Waals surface area contributed by atoms with Crippen LogP contribution in [0.1, 0.15) is 24.9 Å². The summed E-state index contributed by atoms with van der Waals surface area (Å²) in [6.45, 7) is 3.75. The van der Waals surface area contributed by atoms with Gasteiger partial charge in [-0.3, -0.25) is 0 Å². The van der Waals surface area contributed by atoms with E-state index in [2.05, 4.69) is 17.4 Å². The minimum absolute atomic E-state index is 0. The highest BCUT2D eigenvalue weighted by Gasteiger charge is 2.19. The van der Waals surface area contributed by atoms with Gasteiger partial charge in [0.25, 0.3) is 0 Å². The van der Waals surface area contributed by atoms with Crippen molar-refractivity contribution in [2.24, 2.45) is 0 Å². The van der Waals surface area contributed by atoms with Crippen LogP contribution in [0.2, 0.25) is 0 Å². The summed E-state index contributed by atoms with van der Waals surface area (Å²) < 4.78 is 10.8. The molecule has 0 bridgehead atoms. The first-order chi connectivity index (χ1) is 7.35. The average Bonchev–Trinajstić information content (AvgIpc) is 2.18. The molecule has 1 aromatic rings. The third kappa shape index (κ3) is 2.60. The summed E-state index contributed by atoms with van der Waals surface area (Å²) in [6.07, 6.45) is 1.21. The smallest absolute Gasteiger partial charge is 0.161 e. The van der Waals surface area contributed by atoms with Crippen LogP contribution in [0.5, 0.6) is 11.5 Å². The highest BCUT2D eigenvalue weighted by atomic mass is 35.5. The van der Waals surface area contributed by atoms with E-state index < -0.39 is 0 Å². The van der Waals surface area contributed by atoms with Gasteiger partial charge in [-0.25, -0.2) is 0 Å². The van der Waals surface area contributed by atoms with Crippen molar-refractivity contribution in [2.45, 2.75) is 19.4 Å². The lowest BCUT2D eigenvalue weighted by Gasteiger charge is -2.28. The summed E-state index contributed by atoms with van der Waals surface area (Å²) in [5.41, 5.74) is 1.28. The number of benzene rings is 1. The van der Waals surface area contributed by atoms with Crippen LogP contribution in [0.3, 0.4) is 0 Å². The Kier molecular flexibility index (Phi) is 4.90. The highest BCUT2D eigenvalue weighted by Crippen LogP contribution is 2.32. The number of nitrogens with one attached hydrogen (secondary N) is 1. The Labute approximate surface area is 103 Å². The van der Waals surface area contributed by atoms with Gasteiger partial charge in [0.1, 0.15) is 0 Å². The predicted molar refractivity (Wildman–Crippen MR) is 66.8 cm³/mol. The second-order valence-corrected chi connectivity index (χ2v) is 3.64. The third-order valence-corrected chi connectivity index (χ3v) is 2.71. The SMILES string of the molecule is CCOc1ccc([C@H]2CCN2)cc1OC.Cl. The fraction of sp³-hybridized carbons (Fsp3) is 0.500. The molecule has 3 nitrogen and oxygen atoms in total. The van der Waals surface area contributed by atoms with Crippen molar-refractivity contribution in [3.63, 3.8) is 0 Å². The second kappa shape index (κ2) is 5.97. The van der Waals surface area contributed by atoms with Gasteiger partial charge in [-0.05, 0) is 37.6 Å². The number of methoxy groups -OCH3 is 1. The van der Waals surface area contributed by atoms with Gasteiger partial charge in [0.2, 0.25) is 0 Å². The van der Waals surface area contributed by atoms with Crippen molar-refractivity contribution in [2.75, 3.05) is 20.3 Å². The number of halogens is 1. The molecule has 90 valence electrons. The predicted octanol–water partition coefficient (Wildman–Crippen LogP) is 2.55. The molecule has 1 aliphatic heterocycles. The van der Waals surface area contributed by atoms with Crippen molar-refractivity contribution in [1.29, 1.82) is 0 Å². The van der Waals surface area contributed by atoms with Gasteiger partial charge in [-0.15, -0.1) is 12.4 Å². The van der Waals surface area contributed by atoms with E-state index >= 15 is 0 Å². The lowest BCUT2D eigenvalue weighted by molar-refractivity contribution is 0.309. The highest BCUT2D eigenvalue weighted by molar-refractivity contribution is 5.85. The van der Waals surface area contributed by atoms with E-state index in [9.17, 15) is 0 Å². The van der Waals surface area contributed by atoms with E-state index in [1.54, 1.807) is 7.11 Å². The topological polar surface area (TPSA) is 30.5 Å². The van der Waals surface area contributed by atoms with Crippen LogP contribution in [0.15, 0.2) is 18.2 Å². The molecule has 1 saturated heterocycles. The van der Waals surface area contributed by atoms with Gasteiger partial charge < -0.3 is 14.8 Å². The van der Waals surface area contributed by atoms with E-state index in [0.29, 0.717) is 12.6 Å². The minimum atomic E-state index is 0. The summed E-state index contributed by atoms with van der Waals surface area (Å²) in [4.78, 5) is 0. The lowest BCUT2D eigenvalue weighted by atomic mass is 9.98. The molecule has 1 atom stereocenters. The van der Waals surface area contributed by atoms with Crippen LogP contribution in [0.4, 0.5) is 0 Å². The molecule has 0 unspecified atom stereocenters. The molecular weight excluding hydrogens is 226 g/mol. The Morgan fingerprint density at radius 2 is 2.12 bits per heavy atom. The number of rotatable bonds is 4. The molecule has 1 aliphatic rings. The molecule has 0 aromatic heterocycles. The zero-order valence-corrected chi connectivity index (χ0v) is 10.5. The maximum Gasteiger partial charge on any atom is 0.161 e. The largest absolute Gasteiger partial charge is 0.493 e. The van der Waals surface area contributed by atoms with Gasteiger partial charge in [0, 0.05) is 6.04 Å². The van der Waals surface area contributed by atoms with Gasteiger partial charge in [0.15, 0.2) is 11.5 Å². The molecule has 1 aromatic carbocycles. The molecule has 16 heavy (non-hydrogen) atoms. The molecule has 1 fully saturated rings. The van der Waals surface area contributed by atoms with E-state index in [1.807, 2.05) is 13.0 Å². The molecular formula is C12H18ClNO2. The van der Waals surface area contributed by atoms with Crippen molar-refractivity contribution >= 4 is 12.4 Å². The molecule has 1 N–H and O–H groups in total. The van der Waals surface area contributed by atoms with Crippen LogP contribution in [0, 0.1) is 0 Å². The van der Waals surface area contributed by atoms with Gasteiger partial charge >= 0.3 is 0 Å². The Hall–Kier alpha value is -0.930. The van der Waals surface area contributed by atoms with Crippen molar-refractivity contribution in [3.8, 4) is 11.5 Å².